The number of hydrogen-bond acceptors (Lipinski definition) is 3. The molecule has 0 bridgehead atoms. The molecule has 0 spiro atoms. The fourth-order valence-corrected chi connectivity index (χ4v) is 2.05. The van der Waals surface area contributed by atoms with Crippen LogP contribution in [0, 0.1) is 12.7 Å². The average molecular weight is 294 g/mol. The molecule has 1 aromatic heterocycles. The Hall–Kier alpha value is -2.41. The van der Waals surface area contributed by atoms with Crippen molar-refractivity contribution in [3.63, 3.8) is 0 Å². The summed E-state index contributed by atoms with van der Waals surface area (Å²) >= 11 is 0. The molecule has 1 aromatic carbocycles. The second-order valence-corrected chi connectivity index (χ2v) is 4.64. The summed E-state index contributed by atoms with van der Waals surface area (Å²) < 4.78 is 18.0. The van der Waals surface area contributed by atoms with Crippen LogP contribution < -0.4 is 5.32 Å². The van der Waals surface area contributed by atoms with E-state index in [-0.39, 0.29) is 18.1 Å². The van der Waals surface area contributed by atoms with Gasteiger partial charge in [0.25, 0.3) is 5.91 Å². The number of carbonyl (C=O) groups is 2. The average Bonchev–Trinajstić information content (AvgIpc) is 2.83. The third-order valence-corrected chi connectivity index (χ3v) is 3.16. The van der Waals surface area contributed by atoms with E-state index in [1.165, 1.54) is 19.2 Å². The van der Waals surface area contributed by atoms with Crippen molar-refractivity contribution in [3.8, 4) is 0 Å². The molecule has 0 aliphatic rings. The van der Waals surface area contributed by atoms with E-state index in [2.05, 4.69) is 10.3 Å². The molecule has 0 aliphatic carbocycles. The number of aliphatic carboxylic acids is 1. The summed E-state index contributed by atoms with van der Waals surface area (Å²) in [5, 5.41) is 12.0. The molecular weight excluding hydrogens is 279 g/mol. The number of amides is 1. The van der Waals surface area contributed by atoms with Crippen LogP contribution in [0.2, 0.25) is 0 Å². The Kier molecular flexibility index (Phi) is 4.23. The number of nitrogens with one attached hydrogen (secondary N) is 2. The minimum atomic E-state index is -1.16. The first-order valence-electron chi connectivity index (χ1n) is 6.25. The summed E-state index contributed by atoms with van der Waals surface area (Å²) in [5.74, 6) is -2.03. The van der Waals surface area contributed by atoms with Gasteiger partial charge in [0.15, 0.2) is 6.10 Å². The number of aromatic nitrogens is 1. The number of ether oxygens (including phenoxy) is 1. The first kappa shape index (κ1) is 15.0. The molecule has 0 radical (unpaired) electrons. The molecule has 1 heterocycles. The summed E-state index contributed by atoms with van der Waals surface area (Å²) in [4.78, 5) is 25.6. The lowest BCUT2D eigenvalue weighted by atomic mass is 10.1. The fraction of sp³-hybridized carbons (Fsp3) is 0.286. The van der Waals surface area contributed by atoms with Crippen molar-refractivity contribution in [1.29, 1.82) is 0 Å². The van der Waals surface area contributed by atoms with Crippen LogP contribution in [0.15, 0.2) is 18.2 Å². The van der Waals surface area contributed by atoms with Gasteiger partial charge >= 0.3 is 5.97 Å². The van der Waals surface area contributed by atoms with Gasteiger partial charge in [-0.3, -0.25) is 4.79 Å². The highest BCUT2D eigenvalue weighted by Crippen LogP contribution is 2.21. The molecule has 0 saturated carbocycles. The van der Waals surface area contributed by atoms with Crippen molar-refractivity contribution >= 4 is 22.8 Å². The maximum atomic E-state index is 13.3. The highest BCUT2D eigenvalue weighted by atomic mass is 19.1. The van der Waals surface area contributed by atoms with Gasteiger partial charge in [-0.25, -0.2) is 9.18 Å². The normalized spacial score (nSPS) is 12.3. The van der Waals surface area contributed by atoms with Crippen LogP contribution >= 0.6 is 0 Å². The zero-order valence-corrected chi connectivity index (χ0v) is 11.6. The molecular formula is C14H15FN2O4. The lowest BCUT2D eigenvalue weighted by molar-refractivity contribution is -0.148. The third-order valence-electron chi connectivity index (χ3n) is 3.16. The van der Waals surface area contributed by atoms with E-state index < -0.39 is 18.0 Å². The van der Waals surface area contributed by atoms with Crippen LogP contribution in [-0.4, -0.2) is 41.7 Å². The van der Waals surface area contributed by atoms with Crippen molar-refractivity contribution < 1.29 is 23.8 Å². The van der Waals surface area contributed by atoms with Gasteiger partial charge in [0.2, 0.25) is 0 Å². The maximum Gasteiger partial charge on any atom is 0.334 e. The topological polar surface area (TPSA) is 91.4 Å². The predicted molar refractivity (Wildman–Crippen MR) is 73.8 cm³/mol. The Balaban J connectivity index is 2.16. The van der Waals surface area contributed by atoms with E-state index in [0.717, 1.165) is 5.39 Å². The first-order chi connectivity index (χ1) is 9.92. The Morgan fingerprint density at radius 1 is 1.43 bits per heavy atom. The molecule has 6 nitrogen and oxygen atoms in total. The van der Waals surface area contributed by atoms with Crippen molar-refractivity contribution in [2.45, 2.75) is 13.0 Å². The number of hydrogen-bond donors (Lipinski definition) is 3. The summed E-state index contributed by atoms with van der Waals surface area (Å²) in [7, 11) is 1.25. The molecule has 1 amide bonds. The molecule has 0 aliphatic heterocycles. The van der Waals surface area contributed by atoms with E-state index in [1.807, 2.05) is 0 Å². The number of fused-ring (bicyclic) bond motifs is 1. The van der Waals surface area contributed by atoms with Crippen LogP contribution in [0.5, 0.6) is 0 Å². The monoisotopic (exact) mass is 294 g/mol. The Morgan fingerprint density at radius 3 is 2.76 bits per heavy atom. The van der Waals surface area contributed by atoms with E-state index in [0.29, 0.717) is 11.1 Å². The minimum absolute atomic E-state index is 0.159. The van der Waals surface area contributed by atoms with Crippen molar-refractivity contribution in [1.82, 2.24) is 10.3 Å². The van der Waals surface area contributed by atoms with Gasteiger partial charge in [0.05, 0.1) is 6.54 Å². The van der Waals surface area contributed by atoms with E-state index in [4.69, 9.17) is 9.84 Å². The van der Waals surface area contributed by atoms with Crippen LogP contribution in [0.25, 0.3) is 10.9 Å². The van der Waals surface area contributed by atoms with Gasteiger partial charge in [0.1, 0.15) is 11.5 Å². The van der Waals surface area contributed by atoms with Gasteiger partial charge in [-0.05, 0) is 30.7 Å². The zero-order chi connectivity index (χ0) is 15.6. The van der Waals surface area contributed by atoms with E-state index in [9.17, 15) is 14.0 Å². The number of methoxy groups -OCH3 is 1. The van der Waals surface area contributed by atoms with Gasteiger partial charge < -0.3 is 20.1 Å². The summed E-state index contributed by atoms with van der Waals surface area (Å²) in [6.07, 6.45) is -1.11. The lowest BCUT2D eigenvalue weighted by Gasteiger charge is -2.10. The minimum Gasteiger partial charge on any atom is -0.479 e. The number of rotatable bonds is 5. The smallest absolute Gasteiger partial charge is 0.334 e. The SMILES string of the molecule is COC(CNC(=O)c1cc2c(C)cc(F)cc2[nH]1)C(=O)O. The fourth-order valence-electron chi connectivity index (χ4n) is 2.05. The quantitative estimate of drug-likeness (QED) is 0.778. The number of carboxylic acid groups (broad SMARTS) is 1. The predicted octanol–water partition coefficient (Wildman–Crippen LogP) is 1.44. The zero-order valence-electron chi connectivity index (χ0n) is 11.6. The summed E-state index contributed by atoms with van der Waals surface area (Å²) in [5.41, 5.74) is 1.46. The number of benzene rings is 1. The second kappa shape index (κ2) is 5.92. The molecule has 0 saturated heterocycles. The number of halogens is 1. The lowest BCUT2D eigenvalue weighted by Crippen LogP contribution is -2.37. The molecule has 0 fully saturated rings. The molecule has 3 N–H and O–H groups in total. The molecule has 21 heavy (non-hydrogen) atoms. The molecule has 7 heteroatoms. The summed E-state index contributed by atoms with van der Waals surface area (Å²) in [6, 6.07) is 4.28. The van der Waals surface area contributed by atoms with Gasteiger partial charge in [-0.1, -0.05) is 0 Å². The largest absolute Gasteiger partial charge is 0.479 e. The number of aryl methyl sites for hydroxylation is 1. The number of aromatic amines is 1. The highest BCUT2D eigenvalue weighted by molar-refractivity contribution is 5.99. The second-order valence-electron chi connectivity index (χ2n) is 4.64. The molecule has 1 atom stereocenters. The third kappa shape index (κ3) is 3.19. The molecule has 1 unspecified atom stereocenters. The number of carbonyl (C=O) groups excluding carboxylic acids is 1. The Labute approximate surface area is 119 Å². The van der Waals surface area contributed by atoms with Gasteiger partial charge in [-0.15, -0.1) is 0 Å². The van der Waals surface area contributed by atoms with E-state index in [1.54, 1.807) is 13.0 Å². The van der Waals surface area contributed by atoms with Crippen molar-refractivity contribution in [2.24, 2.45) is 0 Å². The van der Waals surface area contributed by atoms with Crippen LogP contribution in [0.4, 0.5) is 4.39 Å². The molecule has 2 rings (SSSR count). The maximum absolute atomic E-state index is 13.3. The van der Waals surface area contributed by atoms with Crippen LogP contribution in [-0.2, 0) is 9.53 Å². The Bertz CT molecular complexity index is 696. The summed E-state index contributed by atoms with van der Waals surface area (Å²) in [6.45, 7) is 1.58. The number of H-pyrrole nitrogens is 1. The highest BCUT2D eigenvalue weighted by Gasteiger charge is 2.18. The van der Waals surface area contributed by atoms with Crippen LogP contribution in [0.1, 0.15) is 16.1 Å². The number of carboxylic acids is 1. The Morgan fingerprint density at radius 2 is 2.14 bits per heavy atom. The van der Waals surface area contributed by atoms with Crippen molar-refractivity contribution in [2.75, 3.05) is 13.7 Å². The van der Waals surface area contributed by atoms with E-state index >= 15 is 0 Å². The molecule has 2 aromatic rings. The van der Waals surface area contributed by atoms with Crippen molar-refractivity contribution in [3.05, 3.63) is 35.3 Å². The van der Waals surface area contributed by atoms with Crippen LogP contribution in [0.3, 0.4) is 0 Å². The standard InChI is InChI=1S/C14H15FN2O4/c1-7-3-8(15)4-10-9(7)5-11(17-10)13(18)16-6-12(21-2)14(19)20/h3-5,12,17H,6H2,1-2H3,(H,16,18)(H,19,20). The van der Waals surface area contributed by atoms with Gasteiger partial charge in [0, 0.05) is 18.0 Å². The van der Waals surface area contributed by atoms with Gasteiger partial charge in [-0.2, -0.15) is 0 Å². The molecule has 112 valence electrons. The first-order valence-corrected chi connectivity index (χ1v) is 6.25.